The number of rotatable bonds is 9. The van der Waals surface area contributed by atoms with Crippen molar-refractivity contribution >= 4 is 5.78 Å². The molecular weight excluding hydrogens is 326 g/mol. The summed E-state index contributed by atoms with van der Waals surface area (Å²) in [4.78, 5) is 12.3. The predicted octanol–water partition coefficient (Wildman–Crippen LogP) is 5.43. The molecule has 2 aromatic rings. The molecule has 2 rings (SSSR count). The van der Waals surface area contributed by atoms with Crippen molar-refractivity contribution in [2.75, 3.05) is 0 Å². The van der Waals surface area contributed by atoms with Gasteiger partial charge in [0.25, 0.3) is 0 Å². The molecule has 0 aromatic heterocycles. The van der Waals surface area contributed by atoms with E-state index in [1.165, 1.54) is 0 Å². The maximum absolute atomic E-state index is 12.3. The Hall–Kier alpha value is -2.33. The summed E-state index contributed by atoms with van der Waals surface area (Å²) in [7, 11) is 0. The van der Waals surface area contributed by atoms with Gasteiger partial charge in [-0.05, 0) is 60.7 Å². The van der Waals surface area contributed by atoms with Crippen LogP contribution in [0.1, 0.15) is 60.9 Å². The number of ketones is 1. The van der Waals surface area contributed by atoms with E-state index < -0.39 is 0 Å². The number of aromatic hydroxyl groups is 2. The van der Waals surface area contributed by atoms with E-state index in [2.05, 4.69) is 6.92 Å². The van der Waals surface area contributed by atoms with Crippen molar-refractivity contribution < 1.29 is 15.0 Å². The van der Waals surface area contributed by atoms with E-state index in [4.69, 9.17) is 5.73 Å². The molecule has 0 aliphatic carbocycles. The van der Waals surface area contributed by atoms with Crippen LogP contribution >= 0.6 is 0 Å². The maximum Gasteiger partial charge on any atom is 0.133 e. The molecule has 0 bridgehead atoms. The Bertz CT molecular complexity index is 755. The van der Waals surface area contributed by atoms with Crippen LogP contribution in [0.2, 0.25) is 0 Å². The van der Waals surface area contributed by atoms with E-state index in [0.29, 0.717) is 25.7 Å². The molecule has 0 aliphatic rings. The van der Waals surface area contributed by atoms with Gasteiger partial charge in [-0.2, -0.15) is 0 Å². The molecular formula is C22H28NO3-. The molecule has 0 heterocycles. The number of phenolic OH excluding ortho intramolecular Hbond substituents is 2. The van der Waals surface area contributed by atoms with Crippen molar-refractivity contribution in [1.29, 1.82) is 0 Å². The molecule has 0 aliphatic heterocycles. The van der Waals surface area contributed by atoms with Gasteiger partial charge >= 0.3 is 0 Å². The van der Waals surface area contributed by atoms with Crippen molar-refractivity contribution in [2.24, 2.45) is 0 Å². The monoisotopic (exact) mass is 354 g/mol. The fourth-order valence-corrected chi connectivity index (χ4v) is 3.19. The van der Waals surface area contributed by atoms with Gasteiger partial charge in [-0.15, -0.1) is 6.04 Å². The first kappa shape index (κ1) is 20.0. The molecule has 0 radical (unpaired) electrons. The third-order valence-corrected chi connectivity index (χ3v) is 4.76. The van der Waals surface area contributed by atoms with Gasteiger partial charge in [0.1, 0.15) is 17.3 Å². The quantitative estimate of drug-likeness (QED) is 0.629. The van der Waals surface area contributed by atoms with Crippen molar-refractivity contribution in [3.05, 3.63) is 64.4 Å². The maximum atomic E-state index is 12.3. The van der Waals surface area contributed by atoms with E-state index in [1.54, 1.807) is 30.3 Å². The van der Waals surface area contributed by atoms with Gasteiger partial charge in [-0.3, -0.25) is 4.79 Å². The Morgan fingerprint density at radius 1 is 1.00 bits per heavy atom. The largest absolute Gasteiger partial charge is 0.671 e. The number of hydrogen-bond donors (Lipinski definition) is 2. The topological polar surface area (TPSA) is 81.3 Å². The molecule has 26 heavy (non-hydrogen) atoms. The molecule has 140 valence electrons. The van der Waals surface area contributed by atoms with Gasteiger partial charge in [-0.25, -0.2) is 0 Å². The van der Waals surface area contributed by atoms with Crippen molar-refractivity contribution in [1.82, 2.24) is 0 Å². The van der Waals surface area contributed by atoms with Crippen molar-refractivity contribution in [3.8, 4) is 11.5 Å². The zero-order valence-corrected chi connectivity index (χ0v) is 15.6. The second-order valence-electron chi connectivity index (χ2n) is 6.87. The van der Waals surface area contributed by atoms with Crippen LogP contribution in [0.15, 0.2) is 36.4 Å². The first-order chi connectivity index (χ1) is 12.4. The van der Waals surface area contributed by atoms with Gasteiger partial charge in [0.2, 0.25) is 0 Å². The highest BCUT2D eigenvalue weighted by Crippen LogP contribution is 2.29. The van der Waals surface area contributed by atoms with E-state index >= 15 is 0 Å². The molecule has 4 heteroatoms. The summed E-state index contributed by atoms with van der Waals surface area (Å²) in [6.07, 6.45) is 3.67. The summed E-state index contributed by atoms with van der Waals surface area (Å²) < 4.78 is 0. The fourth-order valence-electron chi connectivity index (χ4n) is 3.19. The summed E-state index contributed by atoms with van der Waals surface area (Å²) in [5.74, 6) is 0.550. The number of benzene rings is 2. The number of phenols is 2. The zero-order valence-electron chi connectivity index (χ0n) is 15.6. The lowest BCUT2D eigenvalue weighted by Gasteiger charge is -2.23. The van der Waals surface area contributed by atoms with Crippen LogP contribution in [0.4, 0.5) is 0 Å². The number of nitrogens with one attached hydrogen (secondary N) is 1. The molecule has 0 saturated carbocycles. The summed E-state index contributed by atoms with van der Waals surface area (Å²) in [5, 5.41) is 19.3. The summed E-state index contributed by atoms with van der Waals surface area (Å²) in [6, 6.07) is 10.0. The van der Waals surface area contributed by atoms with Gasteiger partial charge in [0, 0.05) is 12.8 Å². The average molecular weight is 354 g/mol. The number of Topliss-reactive ketones (excluding diaryl/α,β-unsaturated/α-hetero) is 1. The van der Waals surface area contributed by atoms with Crippen LogP contribution in [-0.4, -0.2) is 16.0 Å². The van der Waals surface area contributed by atoms with E-state index in [9.17, 15) is 15.0 Å². The molecule has 2 aromatic carbocycles. The van der Waals surface area contributed by atoms with Crippen LogP contribution in [-0.2, 0) is 17.6 Å². The lowest BCUT2D eigenvalue weighted by atomic mass is 9.93. The third kappa shape index (κ3) is 5.60. The SMILES string of the molecule is CCCC([NH-])c1ccc(O)cc1CCC(=O)CCc1cc(O)ccc1C. The molecule has 3 N–H and O–H groups in total. The zero-order chi connectivity index (χ0) is 19.1. The molecule has 1 atom stereocenters. The summed E-state index contributed by atoms with van der Waals surface area (Å²) in [5.41, 5.74) is 12.1. The standard InChI is InChI=1S/C22H28NO3/c1-3-4-22(23)21-12-11-20(26)14-17(21)7-10-18(24)9-6-16-13-19(25)8-5-15(16)2/h5,8,11-14,22-23,25-26H,3-4,6-7,9-10H2,1-2H3/q-1. The number of carbonyl (C=O) groups excluding carboxylic acids is 1. The highest BCUT2D eigenvalue weighted by atomic mass is 16.3. The van der Waals surface area contributed by atoms with E-state index in [-0.39, 0.29) is 23.3 Å². The molecule has 0 spiro atoms. The Balaban J connectivity index is 1.96. The fraction of sp³-hybridized carbons (Fsp3) is 0.409. The molecule has 1 unspecified atom stereocenters. The van der Waals surface area contributed by atoms with Crippen LogP contribution in [0.3, 0.4) is 0 Å². The van der Waals surface area contributed by atoms with Gasteiger partial charge in [0.15, 0.2) is 0 Å². The van der Waals surface area contributed by atoms with Gasteiger partial charge in [-0.1, -0.05) is 37.5 Å². The molecule has 4 nitrogen and oxygen atoms in total. The van der Waals surface area contributed by atoms with Gasteiger partial charge < -0.3 is 15.9 Å². The Kier molecular flexibility index (Phi) is 7.22. The third-order valence-electron chi connectivity index (χ3n) is 4.76. The lowest BCUT2D eigenvalue weighted by Crippen LogP contribution is -2.05. The summed E-state index contributed by atoms with van der Waals surface area (Å²) >= 11 is 0. The van der Waals surface area contributed by atoms with Crippen molar-refractivity contribution in [2.45, 2.75) is 58.4 Å². The summed E-state index contributed by atoms with van der Waals surface area (Å²) in [6.45, 7) is 4.02. The first-order valence-corrected chi connectivity index (χ1v) is 9.23. The number of carbonyl (C=O) groups is 1. The minimum Gasteiger partial charge on any atom is -0.671 e. The minimum atomic E-state index is -0.319. The molecule has 0 saturated heterocycles. The highest BCUT2D eigenvalue weighted by molar-refractivity contribution is 5.79. The Morgan fingerprint density at radius 2 is 1.58 bits per heavy atom. The number of hydrogen-bond acceptors (Lipinski definition) is 3. The lowest BCUT2D eigenvalue weighted by molar-refractivity contribution is -0.119. The van der Waals surface area contributed by atoms with Crippen LogP contribution in [0.25, 0.3) is 5.73 Å². The first-order valence-electron chi connectivity index (χ1n) is 9.23. The van der Waals surface area contributed by atoms with Crippen LogP contribution in [0.5, 0.6) is 11.5 Å². The van der Waals surface area contributed by atoms with E-state index in [1.807, 2.05) is 13.0 Å². The van der Waals surface area contributed by atoms with Crippen LogP contribution < -0.4 is 0 Å². The Morgan fingerprint density at radius 3 is 2.23 bits per heavy atom. The normalized spacial score (nSPS) is 12.1. The Labute approximate surface area is 155 Å². The predicted molar refractivity (Wildman–Crippen MR) is 105 cm³/mol. The van der Waals surface area contributed by atoms with Crippen molar-refractivity contribution in [3.63, 3.8) is 0 Å². The number of aryl methyl sites for hydroxylation is 3. The second-order valence-corrected chi connectivity index (χ2v) is 6.87. The van der Waals surface area contributed by atoms with Gasteiger partial charge in [0.05, 0.1) is 0 Å². The van der Waals surface area contributed by atoms with E-state index in [0.717, 1.165) is 35.1 Å². The van der Waals surface area contributed by atoms with Crippen LogP contribution in [0, 0.1) is 6.92 Å². The molecule has 0 amide bonds. The highest BCUT2D eigenvalue weighted by Gasteiger charge is 2.10. The molecule has 0 fully saturated rings. The second kappa shape index (κ2) is 9.39. The average Bonchev–Trinajstić information content (AvgIpc) is 2.61. The minimum absolute atomic E-state index is 0.152. The smallest absolute Gasteiger partial charge is 0.133 e.